The summed E-state index contributed by atoms with van der Waals surface area (Å²) in [5.74, 6) is 0.901. The van der Waals surface area contributed by atoms with Gasteiger partial charge in [0.1, 0.15) is 11.6 Å². The van der Waals surface area contributed by atoms with Crippen molar-refractivity contribution in [2.45, 2.75) is 25.8 Å². The third-order valence-corrected chi connectivity index (χ3v) is 5.74. The van der Waals surface area contributed by atoms with E-state index in [1.54, 1.807) is 6.07 Å². The van der Waals surface area contributed by atoms with Gasteiger partial charge in [-0.2, -0.15) is 0 Å². The Morgan fingerprint density at radius 2 is 1.79 bits per heavy atom. The van der Waals surface area contributed by atoms with Crippen molar-refractivity contribution in [1.82, 2.24) is 9.80 Å². The number of piperazine rings is 1. The van der Waals surface area contributed by atoms with Crippen LogP contribution in [0.5, 0.6) is 5.75 Å². The Hall–Kier alpha value is -2.40. The van der Waals surface area contributed by atoms with Crippen LogP contribution in [0.3, 0.4) is 0 Å². The normalized spacial score (nSPS) is 22.1. The Labute approximate surface area is 165 Å². The molecule has 0 spiro atoms. The second-order valence-corrected chi connectivity index (χ2v) is 7.65. The minimum Gasteiger partial charge on any atom is -0.494 e. The molecule has 28 heavy (non-hydrogen) atoms. The van der Waals surface area contributed by atoms with Crippen molar-refractivity contribution in [3.8, 4) is 5.75 Å². The topological polar surface area (TPSA) is 32.8 Å². The lowest BCUT2D eigenvalue weighted by atomic mass is 10.1. The smallest absolute Gasteiger partial charge is 0.226 e. The Kier molecular flexibility index (Phi) is 5.62. The van der Waals surface area contributed by atoms with Gasteiger partial charge in [-0.15, -0.1) is 0 Å². The van der Waals surface area contributed by atoms with Crippen molar-refractivity contribution in [3.05, 3.63) is 65.5 Å². The highest BCUT2D eigenvalue weighted by atomic mass is 19.1. The largest absolute Gasteiger partial charge is 0.494 e. The molecule has 0 aromatic heterocycles. The summed E-state index contributed by atoms with van der Waals surface area (Å²) in [5.41, 5.74) is 1.94. The first-order valence-electron chi connectivity index (χ1n) is 10.1. The molecule has 4 rings (SSSR count). The Balaban J connectivity index is 1.26. The quantitative estimate of drug-likeness (QED) is 0.764. The van der Waals surface area contributed by atoms with Crippen LogP contribution in [0.25, 0.3) is 0 Å². The molecule has 2 fully saturated rings. The molecule has 0 bridgehead atoms. The van der Waals surface area contributed by atoms with Gasteiger partial charge in [-0.05, 0) is 48.6 Å². The maximum Gasteiger partial charge on any atom is 0.226 e. The second kappa shape index (κ2) is 8.31. The number of amides is 1. The van der Waals surface area contributed by atoms with Gasteiger partial charge in [-0.25, -0.2) is 4.39 Å². The number of hydrogen-bond donors (Lipinski definition) is 0. The molecule has 2 aromatic rings. The molecule has 2 atom stereocenters. The predicted molar refractivity (Wildman–Crippen MR) is 107 cm³/mol. The molecule has 1 aliphatic carbocycles. The van der Waals surface area contributed by atoms with Crippen LogP contribution in [0.1, 0.15) is 30.4 Å². The monoisotopic (exact) mass is 382 g/mol. The highest BCUT2D eigenvalue weighted by Gasteiger charge is 2.47. The summed E-state index contributed by atoms with van der Waals surface area (Å²) in [6, 6.07) is 15.1. The number of rotatable bonds is 6. The van der Waals surface area contributed by atoms with Crippen molar-refractivity contribution in [2.24, 2.45) is 5.92 Å². The molecule has 2 aliphatic rings. The molecule has 1 saturated carbocycles. The van der Waals surface area contributed by atoms with Crippen LogP contribution < -0.4 is 4.74 Å². The standard InChI is InChI=1S/C23H27FN2O2/c1-2-28-18-9-7-17(8-10-18)16-25-11-13-26(14-12-25)23(27)21-15-20(21)19-5-3-4-6-22(19)24/h3-10,20-21H,2,11-16H2,1H3. The Morgan fingerprint density at radius 1 is 1.07 bits per heavy atom. The molecule has 148 valence electrons. The van der Waals surface area contributed by atoms with Gasteiger partial charge in [0.15, 0.2) is 0 Å². The number of carbonyl (C=O) groups excluding carboxylic acids is 1. The molecule has 1 heterocycles. The van der Waals surface area contributed by atoms with Crippen LogP contribution in [0.2, 0.25) is 0 Å². The van der Waals surface area contributed by atoms with Crippen LogP contribution in [0.4, 0.5) is 4.39 Å². The van der Waals surface area contributed by atoms with Gasteiger partial charge >= 0.3 is 0 Å². The molecule has 0 N–H and O–H groups in total. The zero-order valence-corrected chi connectivity index (χ0v) is 16.3. The molecule has 0 radical (unpaired) electrons. The highest BCUT2D eigenvalue weighted by Crippen LogP contribution is 2.49. The zero-order valence-electron chi connectivity index (χ0n) is 16.3. The molecular weight excluding hydrogens is 355 g/mol. The average Bonchev–Trinajstić information content (AvgIpc) is 3.51. The molecule has 1 saturated heterocycles. The van der Waals surface area contributed by atoms with Crippen molar-refractivity contribution in [3.63, 3.8) is 0 Å². The van der Waals surface area contributed by atoms with E-state index in [1.807, 2.05) is 36.1 Å². The number of carbonyl (C=O) groups is 1. The summed E-state index contributed by atoms with van der Waals surface area (Å²) in [4.78, 5) is 17.1. The first kappa shape index (κ1) is 18.9. The van der Waals surface area contributed by atoms with Gasteiger partial charge in [-0.3, -0.25) is 9.69 Å². The van der Waals surface area contributed by atoms with E-state index in [0.29, 0.717) is 12.2 Å². The van der Waals surface area contributed by atoms with Crippen LogP contribution in [-0.2, 0) is 11.3 Å². The van der Waals surface area contributed by atoms with Crippen molar-refractivity contribution in [1.29, 1.82) is 0 Å². The van der Waals surface area contributed by atoms with Crippen molar-refractivity contribution < 1.29 is 13.9 Å². The van der Waals surface area contributed by atoms with Crippen LogP contribution >= 0.6 is 0 Å². The van der Waals surface area contributed by atoms with E-state index >= 15 is 0 Å². The van der Waals surface area contributed by atoms with E-state index in [1.165, 1.54) is 11.6 Å². The Morgan fingerprint density at radius 3 is 2.46 bits per heavy atom. The fraction of sp³-hybridized carbons (Fsp3) is 0.435. The van der Waals surface area contributed by atoms with Crippen LogP contribution in [-0.4, -0.2) is 48.5 Å². The summed E-state index contributed by atoms with van der Waals surface area (Å²) in [6.07, 6.45) is 0.770. The van der Waals surface area contributed by atoms with E-state index in [2.05, 4.69) is 17.0 Å². The number of hydrogen-bond acceptors (Lipinski definition) is 3. The van der Waals surface area contributed by atoms with Gasteiger partial charge in [0, 0.05) is 38.6 Å². The Bertz CT molecular complexity index is 816. The van der Waals surface area contributed by atoms with Gasteiger partial charge in [-0.1, -0.05) is 30.3 Å². The van der Waals surface area contributed by atoms with E-state index in [0.717, 1.165) is 44.9 Å². The lowest BCUT2D eigenvalue weighted by Gasteiger charge is -2.35. The maximum atomic E-state index is 13.9. The summed E-state index contributed by atoms with van der Waals surface area (Å²) < 4.78 is 19.4. The fourth-order valence-electron chi connectivity index (χ4n) is 4.06. The predicted octanol–water partition coefficient (Wildman–Crippen LogP) is 3.67. The van der Waals surface area contributed by atoms with Crippen LogP contribution in [0, 0.1) is 11.7 Å². The second-order valence-electron chi connectivity index (χ2n) is 7.65. The summed E-state index contributed by atoms with van der Waals surface area (Å²) in [5, 5.41) is 0. The molecule has 4 nitrogen and oxygen atoms in total. The molecule has 1 aliphatic heterocycles. The molecule has 1 amide bonds. The van der Waals surface area contributed by atoms with Gasteiger partial charge in [0.05, 0.1) is 6.61 Å². The van der Waals surface area contributed by atoms with Gasteiger partial charge in [0.25, 0.3) is 0 Å². The number of benzene rings is 2. The lowest BCUT2D eigenvalue weighted by molar-refractivity contribution is -0.134. The first-order valence-corrected chi connectivity index (χ1v) is 10.1. The minimum absolute atomic E-state index is 0.0467. The van der Waals surface area contributed by atoms with E-state index < -0.39 is 0 Å². The number of ether oxygens (including phenoxy) is 1. The lowest BCUT2D eigenvalue weighted by Crippen LogP contribution is -2.48. The third kappa shape index (κ3) is 4.20. The summed E-state index contributed by atoms with van der Waals surface area (Å²) in [6.45, 7) is 6.78. The van der Waals surface area contributed by atoms with Gasteiger partial charge < -0.3 is 9.64 Å². The fourth-order valence-corrected chi connectivity index (χ4v) is 4.06. The minimum atomic E-state index is -0.192. The summed E-state index contributed by atoms with van der Waals surface area (Å²) >= 11 is 0. The van der Waals surface area contributed by atoms with E-state index in [-0.39, 0.29) is 23.6 Å². The highest BCUT2D eigenvalue weighted by molar-refractivity contribution is 5.83. The van der Waals surface area contributed by atoms with Gasteiger partial charge in [0.2, 0.25) is 5.91 Å². The zero-order chi connectivity index (χ0) is 19.5. The third-order valence-electron chi connectivity index (χ3n) is 5.74. The molecule has 2 aromatic carbocycles. The number of halogens is 1. The molecular formula is C23H27FN2O2. The van der Waals surface area contributed by atoms with Crippen molar-refractivity contribution >= 4 is 5.91 Å². The SMILES string of the molecule is CCOc1ccc(CN2CCN(C(=O)C3CC3c3ccccc3F)CC2)cc1. The molecule has 5 heteroatoms. The summed E-state index contributed by atoms with van der Waals surface area (Å²) in [7, 11) is 0. The average molecular weight is 382 g/mol. The van der Waals surface area contributed by atoms with Crippen molar-refractivity contribution in [2.75, 3.05) is 32.8 Å². The maximum absolute atomic E-state index is 13.9. The van der Waals surface area contributed by atoms with E-state index in [9.17, 15) is 9.18 Å². The number of nitrogens with zero attached hydrogens (tertiary/aromatic N) is 2. The first-order chi connectivity index (χ1) is 13.7. The molecule has 2 unspecified atom stereocenters. The van der Waals surface area contributed by atoms with E-state index in [4.69, 9.17) is 4.74 Å². The van der Waals surface area contributed by atoms with Crippen LogP contribution in [0.15, 0.2) is 48.5 Å².